The van der Waals surface area contributed by atoms with E-state index in [1.54, 1.807) is 24.5 Å². The SMILES string of the molecule is O=S(=O)(N[C@@H](CO)Cc1c[nH]c2ccccc12)c1ccc(-c2ccnc3[nH]ccc23)cc1Cl. The highest BCUT2D eigenvalue weighted by Crippen LogP contribution is 2.32. The number of aromatic nitrogens is 3. The molecular weight excluding hydrogens is 460 g/mol. The normalized spacial score (nSPS) is 13.0. The maximum Gasteiger partial charge on any atom is 0.242 e. The Hall–Kier alpha value is -3.17. The maximum absolute atomic E-state index is 13.1. The lowest BCUT2D eigenvalue weighted by Gasteiger charge is -2.17. The van der Waals surface area contributed by atoms with Crippen molar-refractivity contribution < 1.29 is 13.5 Å². The molecule has 9 heteroatoms. The van der Waals surface area contributed by atoms with Crippen LogP contribution in [0.25, 0.3) is 33.1 Å². The van der Waals surface area contributed by atoms with Crippen molar-refractivity contribution in [2.45, 2.75) is 17.4 Å². The molecule has 0 amide bonds. The molecule has 0 spiro atoms. The lowest BCUT2D eigenvalue weighted by Crippen LogP contribution is -2.39. The Kier molecular flexibility index (Phi) is 5.67. The van der Waals surface area contributed by atoms with Crippen LogP contribution in [0.2, 0.25) is 5.02 Å². The third-order valence-corrected chi connectivity index (χ3v) is 7.68. The Bertz CT molecular complexity index is 1560. The second kappa shape index (κ2) is 8.64. The number of sulfonamides is 1. The van der Waals surface area contributed by atoms with Crippen molar-refractivity contribution in [2.24, 2.45) is 0 Å². The number of hydrogen-bond acceptors (Lipinski definition) is 4. The van der Waals surface area contributed by atoms with Crippen LogP contribution >= 0.6 is 11.6 Å². The molecular formula is C24H21ClN4O3S. The highest BCUT2D eigenvalue weighted by Gasteiger charge is 2.24. The predicted molar refractivity (Wildman–Crippen MR) is 130 cm³/mol. The van der Waals surface area contributed by atoms with Gasteiger partial charge in [0.25, 0.3) is 0 Å². The van der Waals surface area contributed by atoms with E-state index in [0.717, 1.165) is 38.6 Å². The number of fused-ring (bicyclic) bond motifs is 2. The van der Waals surface area contributed by atoms with Crippen LogP contribution in [0.1, 0.15) is 5.56 Å². The average molecular weight is 481 g/mol. The second-order valence-electron chi connectivity index (χ2n) is 7.81. The molecule has 33 heavy (non-hydrogen) atoms. The van der Waals surface area contributed by atoms with Crippen molar-refractivity contribution in [2.75, 3.05) is 6.61 Å². The number of aliphatic hydroxyl groups excluding tert-OH is 1. The predicted octanol–water partition coefficient (Wildman–Crippen LogP) is 4.25. The highest BCUT2D eigenvalue weighted by molar-refractivity contribution is 7.89. The molecule has 7 nitrogen and oxygen atoms in total. The van der Waals surface area contributed by atoms with Crippen LogP contribution in [0, 0.1) is 0 Å². The number of aromatic amines is 2. The molecule has 0 unspecified atom stereocenters. The smallest absolute Gasteiger partial charge is 0.242 e. The molecule has 3 aromatic heterocycles. The van der Waals surface area contributed by atoms with Gasteiger partial charge in [-0.2, -0.15) is 0 Å². The number of hydrogen-bond donors (Lipinski definition) is 4. The van der Waals surface area contributed by atoms with Gasteiger partial charge in [0.05, 0.1) is 11.6 Å². The highest BCUT2D eigenvalue weighted by atomic mass is 35.5. The van der Waals surface area contributed by atoms with Gasteiger partial charge in [-0.25, -0.2) is 18.1 Å². The summed E-state index contributed by atoms with van der Waals surface area (Å²) in [7, 11) is -3.96. The van der Waals surface area contributed by atoms with Gasteiger partial charge < -0.3 is 15.1 Å². The Labute approximate surface area is 195 Å². The molecule has 5 aromatic rings. The van der Waals surface area contributed by atoms with Crippen molar-refractivity contribution in [3.63, 3.8) is 0 Å². The molecule has 0 aliphatic carbocycles. The zero-order valence-electron chi connectivity index (χ0n) is 17.4. The zero-order valence-corrected chi connectivity index (χ0v) is 19.0. The van der Waals surface area contributed by atoms with E-state index in [-0.39, 0.29) is 16.5 Å². The Balaban J connectivity index is 1.41. The summed E-state index contributed by atoms with van der Waals surface area (Å²) in [6, 6.07) is 15.6. The van der Waals surface area contributed by atoms with Crippen molar-refractivity contribution in [1.82, 2.24) is 19.7 Å². The fourth-order valence-corrected chi connectivity index (χ4v) is 5.86. The lowest BCUT2D eigenvalue weighted by atomic mass is 10.0. The first-order valence-electron chi connectivity index (χ1n) is 10.4. The number of pyridine rings is 1. The monoisotopic (exact) mass is 480 g/mol. The molecule has 5 rings (SSSR count). The Morgan fingerprint density at radius 2 is 1.91 bits per heavy atom. The van der Waals surface area contributed by atoms with Crippen molar-refractivity contribution in [3.05, 3.63) is 83.8 Å². The van der Waals surface area contributed by atoms with E-state index in [4.69, 9.17) is 11.6 Å². The third kappa shape index (κ3) is 4.14. The number of nitrogens with one attached hydrogen (secondary N) is 3. The molecule has 3 heterocycles. The third-order valence-electron chi connectivity index (χ3n) is 5.68. The van der Waals surface area contributed by atoms with E-state index in [9.17, 15) is 13.5 Å². The Morgan fingerprint density at radius 1 is 1.06 bits per heavy atom. The van der Waals surface area contributed by atoms with Crippen LogP contribution in [0.4, 0.5) is 0 Å². The van der Waals surface area contributed by atoms with Gasteiger partial charge in [-0.3, -0.25) is 0 Å². The number of halogens is 1. The van der Waals surface area contributed by atoms with Crippen LogP contribution < -0.4 is 4.72 Å². The van der Waals surface area contributed by atoms with Crippen molar-refractivity contribution in [3.8, 4) is 11.1 Å². The first-order chi connectivity index (χ1) is 16.0. The molecule has 168 valence electrons. The molecule has 1 atom stereocenters. The number of H-pyrrole nitrogens is 2. The van der Waals surface area contributed by atoms with Crippen molar-refractivity contribution >= 4 is 43.6 Å². The van der Waals surface area contributed by atoms with E-state index < -0.39 is 16.1 Å². The first-order valence-corrected chi connectivity index (χ1v) is 12.2. The molecule has 0 aliphatic heterocycles. The lowest BCUT2D eigenvalue weighted by molar-refractivity contribution is 0.256. The molecule has 0 radical (unpaired) electrons. The maximum atomic E-state index is 13.1. The summed E-state index contributed by atoms with van der Waals surface area (Å²) >= 11 is 6.43. The van der Waals surface area contributed by atoms with Gasteiger partial charge in [0, 0.05) is 40.9 Å². The average Bonchev–Trinajstić information content (AvgIpc) is 3.45. The van der Waals surface area contributed by atoms with Crippen LogP contribution in [0.3, 0.4) is 0 Å². The summed E-state index contributed by atoms with van der Waals surface area (Å²) in [6.45, 7) is -0.350. The van der Waals surface area contributed by atoms with Crippen LogP contribution in [-0.4, -0.2) is 41.1 Å². The van der Waals surface area contributed by atoms with Crippen molar-refractivity contribution in [1.29, 1.82) is 0 Å². The van der Waals surface area contributed by atoms with Crippen LogP contribution in [0.5, 0.6) is 0 Å². The molecule has 0 aliphatic rings. The molecule has 0 saturated carbocycles. The summed E-state index contributed by atoms with van der Waals surface area (Å²) in [4.78, 5) is 10.5. The molecule has 4 N–H and O–H groups in total. The van der Waals surface area contributed by atoms with E-state index >= 15 is 0 Å². The number of nitrogens with zero attached hydrogens (tertiary/aromatic N) is 1. The second-order valence-corrected chi connectivity index (χ2v) is 9.90. The number of rotatable bonds is 7. The largest absolute Gasteiger partial charge is 0.395 e. The zero-order chi connectivity index (χ0) is 23.0. The quantitative estimate of drug-likeness (QED) is 0.279. The Morgan fingerprint density at radius 3 is 2.73 bits per heavy atom. The van der Waals surface area contributed by atoms with Gasteiger partial charge in [0.2, 0.25) is 10.0 Å². The summed E-state index contributed by atoms with van der Waals surface area (Å²) in [5.74, 6) is 0. The summed E-state index contributed by atoms with van der Waals surface area (Å²) in [5.41, 5.74) is 4.29. The molecule has 0 fully saturated rings. The number of aliphatic hydroxyl groups is 1. The number of para-hydroxylation sites is 1. The standard InChI is InChI=1S/C24H21ClN4O3S/c25-21-12-15(18-7-9-26-24-20(18)8-10-27-24)5-6-23(21)33(31,32)29-17(14-30)11-16-13-28-22-4-2-1-3-19(16)22/h1-10,12-13,17,28-30H,11,14H2,(H,26,27)/t17-/m1/s1. The van der Waals surface area contributed by atoms with Gasteiger partial charge >= 0.3 is 0 Å². The van der Waals surface area contributed by atoms with Crippen LogP contribution in [0.15, 0.2) is 78.1 Å². The summed E-state index contributed by atoms with van der Waals surface area (Å²) < 4.78 is 28.8. The minimum absolute atomic E-state index is 0.0374. The van der Waals surface area contributed by atoms with E-state index in [2.05, 4.69) is 19.7 Å². The minimum Gasteiger partial charge on any atom is -0.395 e. The first kappa shape index (κ1) is 21.7. The molecule has 0 bridgehead atoms. The van der Waals surface area contributed by atoms with E-state index in [0.29, 0.717) is 6.42 Å². The van der Waals surface area contributed by atoms with Gasteiger partial charge in [0.1, 0.15) is 10.5 Å². The minimum atomic E-state index is -3.96. The fraction of sp³-hybridized carbons (Fsp3) is 0.125. The van der Waals surface area contributed by atoms with Gasteiger partial charge in [0.15, 0.2) is 0 Å². The van der Waals surface area contributed by atoms with E-state index in [1.165, 1.54) is 6.07 Å². The molecule has 2 aromatic carbocycles. The molecule has 0 saturated heterocycles. The summed E-state index contributed by atoms with van der Waals surface area (Å²) in [5, 5.41) is 11.9. The van der Waals surface area contributed by atoms with Crippen LogP contribution in [-0.2, 0) is 16.4 Å². The van der Waals surface area contributed by atoms with Gasteiger partial charge in [-0.05, 0) is 53.4 Å². The summed E-state index contributed by atoms with van der Waals surface area (Å²) in [6.07, 6.45) is 5.65. The number of benzene rings is 2. The van der Waals surface area contributed by atoms with Gasteiger partial charge in [-0.1, -0.05) is 35.9 Å². The topological polar surface area (TPSA) is 111 Å². The fourth-order valence-electron chi connectivity index (χ4n) is 4.09. The van der Waals surface area contributed by atoms with E-state index in [1.807, 2.05) is 42.6 Å². The van der Waals surface area contributed by atoms with Gasteiger partial charge in [-0.15, -0.1) is 0 Å².